The Morgan fingerprint density at radius 2 is 1.83 bits per heavy atom. The van der Waals surface area contributed by atoms with Crippen LogP contribution >= 0.6 is 11.6 Å². The van der Waals surface area contributed by atoms with E-state index in [0.717, 1.165) is 37.0 Å². The number of carbonyl (C=O) groups is 1. The fraction of sp³-hybridized carbons (Fsp3) is 0.333. The Hall–Kier alpha value is -2.79. The number of benzene rings is 2. The van der Waals surface area contributed by atoms with Crippen molar-refractivity contribution < 1.29 is 9.53 Å². The third-order valence-electron chi connectivity index (χ3n) is 5.53. The number of hydrogen-bond donors (Lipinski definition) is 2. The number of fused-ring (bicyclic) bond motifs is 1. The van der Waals surface area contributed by atoms with Crippen molar-refractivity contribution in [2.45, 2.75) is 44.7 Å². The van der Waals surface area contributed by atoms with Gasteiger partial charge in [0.1, 0.15) is 11.6 Å². The lowest BCUT2D eigenvalue weighted by molar-refractivity contribution is -0.124. The summed E-state index contributed by atoms with van der Waals surface area (Å²) in [7, 11) is 0. The number of nitrogens with zero attached hydrogens (tertiary/aromatic N) is 1. The van der Waals surface area contributed by atoms with Crippen molar-refractivity contribution in [2.24, 2.45) is 0 Å². The highest BCUT2D eigenvalue weighted by Crippen LogP contribution is 2.25. The maximum Gasteiger partial charge on any atom is 0.258 e. The molecule has 0 spiro atoms. The van der Waals surface area contributed by atoms with Gasteiger partial charge < -0.3 is 15.4 Å². The van der Waals surface area contributed by atoms with Gasteiger partial charge in [0, 0.05) is 22.5 Å². The number of rotatable bonds is 6. The van der Waals surface area contributed by atoms with E-state index in [4.69, 9.17) is 21.3 Å². The number of halogens is 1. The first-order chi connectivity index (χ1) is 14.6. The van der Waals surface area contributed by atoms with Crippen molar-refractivity contribution in [3.63, 3.8) is 0 Å². The molecule has 1 aromatic heterocycles. The fourth-order valence-electron chi connectivity index (χ4n) is 3.99. The summed E-state index contributed by atoms with van der Waals surface area (Å²) in [6, 6.07) is 17.9. The molecule has 4 rings (SSSR count). The van der Waals surface area contributed by atoms with Gasteiger partial charge >= 0.3 is 0 Å². The molecule has 0 atom stereocenters. The van der Waals surface area contributed by atoms with E-state index < -0.39 is 0 Å². The van der Waals surface area contributed by atoms with Crippen molar-refractivity contribution >= 4 is 34.2 Å². The number of anilines is 1. The van der Waals surface area contributed by atoms with Gasteiger partial charge in [0.15, 0.2) is 6.61 Å². The third kappa shape index (κ3) is 5.22. The number of hydrogen-bond acceptors (Lipinski definition) is 4. The Labute approximate surface area is 181 Å². The molecule has 2 N–H and O–H groups in total. The molecule has 0 aliphatic heterocycles. The quantitative estimate of drug-likeness (QED) is 0.578. The second-order valence-corrected chi connectivity index (χ2v) is 8.28. The predicted octanol–water partition coefficient (Wildman–Crippen LogP) is 5.11. The number of aromatic nitrogens is 1. The number of amides is 1. The molecule has 1 fully saturated rings. The van der Waals surface area contributed by atoms with E-state index in [-0.39, 0.29) is 18.6 Å². The van der Waals surface area contributed by atoms with Gasteiger partial charge in [0.25, 0.3) is 5.91 Å². The zero-order valence-electron chi connectivity index (χ0n) is 17.0. The number of carbonyl (C=O) groups excluding carboxylic acids is 1. The van der Waals surface area contributed by atoms with Gasteiger partial charge in [-0.1, -0.05) is 35.9 Å². The standard InChI is InChI=1S/C24H26ClN3O2/c1-16-13-23(28-22-8-3-2-7-21(16)22)26-18-9-11-19(12-10-18)27-24(29)15-30-20-6-4-5-17(25)14-20/h2-8,13-14,18-19H,9-12,15H2,1H3,(H,26,28)(H,27,29). The van der Waals surface area contributed by atoms with E-state index in [1.807, 2.05) is 18.2 Å². The average molecular weight is 424 g/mol. The molecule has 0 radical (unpaired) electrons. The van der Waals surface area contributed by atoms with Crippen LogP contribution in [0.2, 0.25) is 5.02 Å². The number of nitrogens with one attached hydrogen (secondary N) is 2. The molecule has 156 valence electrons. The summed E-state index contributed by atoms with van der Waals surface area (Å²) in [5, 5.41) is 8.44. The summed E-state index contributed by atoms with van der Waals surface area (Å²) < 4.78 is 5.52. The number of pyridine rings is 1. The third-order valence-corrected chi connectivity index (χ3v) is 5.77. The summed E-state index contributed by atoms with van der Waals surface area (Å²) in [5.41, 5.74) is 2.24. The van der Waals surface area contributed by atoms with Gasteiger partial charge in [0.05, 0.1) is 5.52 Å². The minimum absolute atomic E-state index is 0.00118. The first-order valence-corrected chi connectivity index (χ1v) is 10.8. The number of aryl methyl sites for hydroxylation is 1. The van der Waals surface area contributed by atoms with E-state index in [1.165, 1.54) is 10.9 Å². The summed E-state index contributed by atoms with van der Waals surface area (Å²) >= 11 is 5.93. The minimum Gasteiger partial charge on any atom is -0.484 e. The van der Waals surface area contributed by atoms with Gasteiger partial charge in [-0.05, 0) is 68.5 Å². The molecule has 5 nitrogen and oxygen atoms in total. The molecule has 0 saturated heterocycles. The van der Waals surface area contributed by atoms with Gasteiger partial charge in [-0.3, -0.25) is 4.79 Å². The van der Waals surface area contributed by atoms with Gasteiger partial charge in [-0.2, -0.15) is 0 Å². The molecule has 0 bridgehead atoms. The highest BCUT2D eigenvalue weighted by molar-refractivity contribution is 6.30. The van der Waals surface area contributed by atoms with Gasteiger partial charge in [-0.25, -0.2) is 4.98 Å². The summed E-state index contributed by atoms with van der Waals surface area (Å²) in [6.45, 7) is 2.12. The van der Waals surface area contributed by atoms with Crippen molar-refractivity contribution in [3.8, 4) is 5.75 Å². The van der Waals surface area contributed by atoms with Crippen LogP contribution in [0, 0.1) is 6.92 Å². The molecular formula is C24H26ClN3O2. The van der Waals surface area contributed by atoms with Crippen LogP contribution in [0.4, 0.5) is 5.82 Å². The maximum absolute atomic E-state index is 12.2. The van der Waals surface area contributed by atoms with E-state index in [0.29, 0.717) is 16.8 Å². The molecule has 1 amide bonds. The van der Waals surface area contributed by atoms with Crippen molar-refractivity contribution in [3.05, 3.63) is 65.2 Å². The largest absolute Gasteiger partial charge is 0.484 e. The maximum atomic E-state index is 12.2. The normalized spacial score (nSPS) is 18.7. The lowest BCUT2D eigenvalue weighted by Gasteiger charge is -2.30. The molecule has 3 aromatic rings. The van der Waals surface area contributed by atoms with Gasteiger partial charge in [-0.15, -0.1) is 0 Å². The minimum atomic E-state index is -0.0989. The number of ether oxygens (including phenoxy) is 1. The molecule has 1 aliphatic rings. The Bertz CT molecular complexity index is 1030. The van der Waals surface area contributed by atoms with Crippen LogP contribution in [0.1, 0.15) is 31.2 Å². The van der Waals surface area contributed by atoms with E-state index >= 15 is 0 Å². The lowest BCUT2D eigenvalue weighted by atomic mass is 9.91. The Morgan fingerprint density at radius 1 is 1.07 bits per heavy atom. The van der Waals surface area contributed by atoms with E-state index in [1.54, 1.807) is 24.3 Å². The second kappa shape index (κ2) is 9.35. The Kier molecular flexibility index (Phi) is 6.38. The van der Waals surface area contributed by atoms with Crippen LogP contribution in [0.3, 0.4) is 0 Å². The molecule has 1 aliphatic carbocycles. The molecule has 2 aromatic carbocycles. The highest BCUT2D eigenvalue weighted by Gasteiger charge is 2.23. The van der Waals surface area contributed by atoms with Crippen LogP contribution < -0.4 is 15.4 Å². The molecule has 1 saturated carbocycles. The van der Waals surface area contributed by atoms with E-state index in [2.05, 4.69) is 29.7 Å². The van der Waals surface area contributed by atoms with Crippen LogP contribution in [0.5, 0.6) is 5.75 Å². The van der Waals surface area contributed by atoms with Crippen LogP contribution in [-0.2, 0) is 4.79 Å². The zero-order chi connectivity index (χ0) is 20.9. The van der Waals surface area contributed by atoms with E-state index in [9.17, 15) is 4.79 Å². The SMILES string of the molecule is Cc1cc(NC2CCC(NC(=O)COc3cccc(Cl)c3)CC2)nc2ccccc12. The average Bonchev–Trinajstić information content (AvgIpc) is 2.74. The summed E-state index contributed by atoms with van der Waals surface area (Å²) in [4.78, 5) is 17.0. The fourth-order valence-corrected chi connectivity index (χ4v) is 4.17. The second-order valence-electron chi connectivity index (χ2n) is 7.85. The van der Waals surface area contributed by atoms with Gasteiger partial charge in [0.2, 0.25) is 0 Å². The summed E-state index contributed by atoms with van der Waals surface area (Å²) in [5.74, 6) is 1.43. The van der Waals surface area contributed by atoms with Crippen molar-refractivity contribution in [2.75, 3.05) is 11.9 Å². The van der Waals surface area contributed by atoms with Crippen LogP contribution in [-0.4, -0.2) is 29.6 Å². The first kappa shape index (κ1) is 20.5. The molecule has 30 heavy (non-hydrogen) atoms. The van der Waals surface area contributed by atoms with Crippen LogP contribution in [0.25, 0.3) is 10.9 Å². The first-order valence-electron chi connectivity index (χ1n) is 10.4. The van der Waals surface area contributed by atoms with Crippen LogP contribution in [0.15, 0.2) is 54.6 Å². The smallest absolute Gasteiger partial charge is 0.258 e. The number of para-hydroxylation sites is 1. The van der Waals surface area contributed by atoms with Crippen molar-refractivity contribution in [1.82, 2.24) is 10.3 Å². The Morgan fingerprint density at radius 3 is 2.63 bits per heavy atom. The summed E-state index contributed by atoms with van der Waals surface area (Å²) in [6.07, 6.45) is 3.86. The molecule has 6 heteroatoms. The monoisotopic (exact) mass is 423 g/mol. The highest BCUT2D eigenvalue weighted by atomic mass is 35.5. The molecule has 0 unspecified atom stereocenters. The van der Waals surface area contributed by atoms with Crippen molar-refractivity contribution in [1.29, 1.82) is 0 Å². The molecule has 1 heterocycles. The lowest BCUT2D eigenvalue weighted by Crippen LogP contribution is -2.42. The zero-order valence-corrected chi connectivity index (χ0v) is 17.8. The predicted molar refractivity (Wildman–Crippen MR) is 121 cm³/mol. The Balaban J connectivity index is 1.24. The molecular weight excluding hydrogens is 398 g/mol. The topological polar surface area (TPSA) is 63.2 Å².